The number of nitrogens with one attached hydrogen (secondary N) is 2. The van der Waals surface area contributed by atoms with E-state index >= 15 is 0 Å². The van der Waals surface area contributed by atoms with Crippen LogP contribution < -0.4 is 15.4 Å². The topological polar surface area (TPSA) is 91.8 Å². The second-order valence-corrected chi connectivity index (χ2v) is 9.70. The number of amides is 1. The maximum Gasteiger partial charge on any atom is 0.256 e. The molecule has 3 heterocycles. The largest absolute Gasteiger partial charge is 0.496 e. The predicted molar refractivity (Wildman–Crippen MR) is 145 cm³/mol. The number of halogens is 1. The number of nitrogens with zero attached hydrogens (tertiary/aromatic N) is 4. The molecule has 0 radical (unpaired) electrons. The van der Waals surface area contributed by atoms with Crippen LogP contribution in [0.4, 0.5) is 23.1 Å². The number of anilines is 4. The van der Waals surface area contributed by atoms with Crippen LogP contribution in [0.15, 0.2) is 36.5 Å². The van der Waals surface area contributed by atoms with Crippen molar-refractivity contribution >= 4 is 40.6 Å². The number of hydrogen-bond acceptors (Lipinski definition) is 8. The molecule has 0 aliphatic carbocycles. The third-order valence-corrected chi connectivity index (χ3v) is 7.19. The summed E-state index contributed by atoms with van der Waals surface area (Å²) in [4.78, 5) is 25.9. The second-order valence-electron chi connectivity index (χ2n) is 9.29. The summed E-state index contributed by atoms with van der Waals surface area (Å²) >= 11 is 6.44. The highest BCUT2D eigenvalue weighted by molar-refractivity contribution is 6.33. The van der Waals surface area contributed by atoms with Crippen LogP contribution in [0.3, 0.4) is 0 Å². The summed E-state index contributed by atoms with van der Waals surface area (Å²) in [5.41, 5.74) is 5.64. The lowest BCUT2D eigenvalue weighted by Crippen LogP contribution is -2.29. The molecule has 0 atom stereocenters. The van der Waals surface area contributed by atoms with E-state index in [1.807, 2.05) is 12.1 Å². The zero-order valence-corrected chi connectivity index (χ0v) is 22.1. The van der Waals surface area contributed by atoms with Gasteiger partial charge in [-0.15, -0.1) is 0 Å². The van der Waals surface area contributed by atoms with E-state index in [0.717, 1.165) is 50.3 Å². The summed E-state index contributed by atoms with van der Waals surface area (Å²) in [5.74, 6) is 1.43. The first-order chi connectivity index (χ1) is 18.0. The first-order valence-corrected chi connectivity index (χ1v) is 12.7. The van der Waals surface area contributed by atoms with Gasteiger partial charge < -0.3 is 29.9 Å². The standard InChI is InChI=1S/C27H31ClN6O3/c1-33-16-20-23(37-3)7-6-22(24(20)26(33)35)31-25-21(28)15-29-27(32-25)30-19-5-4-17-8-10-34(12-13-36-2)11-9-18(17)14-19/h4-7,14-15H,8-13,16H2,1-3H3,(H2,29,30,31,32). The first kappa shape index (κ1) is 25.3. The SMILES string of the molecule is COCCN1CCc2ccc(Nc3ncc(Cl)c(Nc4ccc(OC)c5c4C(=O)N(C)C5)n3)cc2CC1. The van der Waals surface area contributed by atoms with Gasteiger partial charge in [0, 0.05) is 45.0 Å². The summed E-state index contributed by atoms with van der Waals surface area (Å²) in [6.45, 7) is 4.22. The van der Waals surface area contributed by atoms with Crippen molar-refractivity contribution in [2.24, 2.45) is 0 Å². The Balaban J connectivity index is 1.35. The van der Waals surface area contributed by atoms with Crippen LogP contribution in [0.5, 0.6) is 5.75 Å². The highest BCUT2D eigenvalue weighted by atomic mass is 35.5. The molecule has 10 heteroatoms. The van der Waals surface area contributed by atoms with Gasteiger partial charge in [0.25, 0.3) is 5.91 Å². The monoisotopic (exact) mass is 522 g/mol. The molecular weight excluding hydrogens is 492 g/mol. The lowest BCUT2D eigenvalue weighted by molar-refractivity contribution is 0.0817. The Kier molecular flexibility index (Phi) is 7.45. The number of carbonyl (C=O) groups is 1. The van der Waals surface area contributed by atoms with Gasteiger partial charge in [-0.05, 0) is 48.2 Å². The number of ether oxygens (including phenoxy) is 2. The Bertz CT molecular complexity index is 1320. The van der Waals surface area contributed by atoms with Crippen molar-refractivity contribution in [1.29, 1.82) is 0 Å². The summed E-state index contributed by atoms with van der Waals surface area (Å²) < 4.78 is 10.7. The highest BCUT2D eigenvalue weighted by Gasteiger charge is 2.31. The van der Waals surface area contributed by atoms with Crippen molar-refractivity contribution in [1.82, 2.24) is 19.8 Å². The third kappa shape index (κ3) is 5.34. The molecule has 9 nitrogen and oxygen atoms in total. The Labute approximate surface area is 221 Å². The van der Waals surface area contributed by atoms with Crippen LogP contribution in [-0.2, 0) is 24.1 Å². The molecule has 0 saturated carbocycles. The molecule has 1 amide bonds. The Morgan fingerprint density at radius 1 is 1.08 bits per heavy atom. The minimum Gasteiger partial charge on any atom is -0.496 e. The second kappa shape index (κ2) is 10.9. The molecule has 0 unspecified atom stereocenters. The highest BCUT2D eigenvalue weighted by Crippen LogP contribution is 2.37. The maximum absolute atomic E-state index is 12.8. The average molecular weight is 523 g/mol. The van der Waals surface area contributed by atoms with E-state index in [0.29, 0.717) is 40.3 Å². The molecule has 0 fully saturated rings. The van der Waals surface area contributed by atoms with Gasteiger partial charge >= 0.3 is 0 Å². The maximum atomic E-state index is 12.8. The zero-order chi connectivity index (χ0) is 25.9. The Hall–Kier alpha value is -3.40. The number of hydrogen-bond donors (Lipinski definition) is 2. The quantitative estimate of drug-likeness (QED) is 0.453. The van der Waals surface area contributed by atoms with Gasteiger partial charge in [-0.2, -0.15) is 4.98 Å². The molecule has 2 aliphatic heterocycles. The van der Waals surface area contributed by atoms with Crippen LogP contribution in [0.2, 0.25) is 5.02 Å². The summed E-state index contributed by atoms with van der Waals surface area (Å²) in [7, 11) is 5.11. The van der Waals surface area contributed by atoms with Crippen molar-refractivity contribution in [3.05, 3.63) is 63.8 Å². The van der Waals surface area contributed by atoms with Gasteiger partial charge in [-0.1, -0.05) is 17.7 Å². The molecule has 0 saturated heterocycles. The normalized spacial score (nSPS) is 15.2. The van der Waals surface area contributed by atoms with E-state index < -0.39 is 0 Å². The van der Waals surface area contributed by atoms with Crippen LogP contribution in [0.25, 0.3) is 0 Å². The number of aromatic nitrogens is 2. The molecule has 3 aromatic rings. The fourth-order valence-corrected chi connectivity index (χ4v) is 5.03. The lowest BCUT2D eigenvalue weighted by Gasteiger charge is -2.18. The Morgan fingerprint density at radius 2 is 1.89 bits per heavy atom. The fraction of sp³-hybridized carbons (Fsp3) is 0.370. The van der Waals surface area contributed by atoms with E-state index in [2.05, 4.69) is 43.7 Å². The minimum atomic E-state index is -0.0781. The van der Waals surface area contributed by atoms with Crippen molar-refractivity contribution in [3.63, 3.8) is 0 Å². The molecule has 0 spiro atoms. The predicted octanol–water partition coefficient (Wildman–Crippen LogP) is 4.26. The lowest BCUT2D eigenvalue weighted by atomic mass is 10.0. The number of methoxy groups -OCH3 is 2. The van der Waals surface area contributed by atoms with Gasteiger partial charge in [0.1, 0.15) is 10.8 Å². The van der Waals surface area contributed by atoms with Crippen molar-refractivity contribution in [2.75, 3.05) is 58.1 Å². The first-order valence-electron chi connectivity index (χ1n) is 12.3. The molecule has 0 bridgehead atoms. The van der Waals surface area contributed by atoms with Crippen LogP contribution in [-0.4, -0.2) is 73.2 Å². The molecular formula is C27H31ClN6O3. The summed E-state index contributed by atoms with van der Waals surface area (Å²) in [5, 5.41) is 6.90. The molecule has 2 aromatic carbocycles. The zero-order valence-electron chi connectivity index (χ0n) is 21.3. The fourth-order valence-electron chi connectivity index (χ4n) is 4.89. The number of rotatable bonds is 8. The molecule has 194 valence electrons. The molecule has 2 aliphatic rings. The van der Waals surface area contributed by atoms with Crippen molar-refractivity contribution < 1.29 is 14.3 Å². The van der Waals surface area contributed by atoms with Gasteiger partial charge in [0.05, 0.1) is 37.7 Å². The van der Waals surface area contributed by atoms with Gasteiger partial charge in [-0.25, -0.2) is 4.98 Å². The van der Waals surface area contributed by atoms with Crippen LogP contribution >= 0.6 is 11.6 Å². The smallest absolute Gasteiger partial charge is 0.256 e. The van der Waals surface area contributed by atoms with Crippen LogP contribution in [0, 0.1) is 0 Å². The van der Waals surface area contributed by atoms with Gasteiger partial charge in [-0.3, -0.25) is 4.79 Å². The summed E-state index contributed by atoms with van der Waals surface area (Å²) in [6.07, 6.45) is 3.55. The number of fused-ring (bicyclic) bond motifs is 2. The third-order valence-electron chi connectivity index (χ3n) is 6.91. The minimum absolute atomic E-state index is 0.0781. The molecule has 5 rings (SSSR count). The molecule has 2 N–H and O–H groups in total. The van der Waals surface area contributed by atoms with E-state index in [4.69, 9.17) is 21.1 Å². The van der Waals surface area contributed by atoms with Crippen LogP contribution in [0.1, 0.15) is 27.0 Å². The van der Waals surface area contributed by atoms with Gasteiger partial charge in [0.15, 0.2) is 5.82 Å². The Morgan fingerprint density at radius 3 is 2.68 bits per heavy atom. The van der Waals surface area contributed by atoms with E-state index in [1.54, 1.807) is 32.4 Å². The van der Waals surface area contributed by atoms with Gasteiger partial charge in [0.2, 0.25) is 5.95 Å². The number of carbonyl (C=O) groups excluding carboxylic acids is 1. The summed E-state index contributed by atoms with van der Waals surface area (Å²) in [6, 6.07) is 10.1. The average Bonchev–Trinajstić information content (AvgIpc) is 3.07. The number of benzene rings is 2. The van der Waals surface area contributed by atoms with Crippen molar-refractivity contribution in [2.45, 2.75) is 19.4 Å². The van der Waals surface area contributed by atoms with E-state index in [9.17, 15) is 4.79 Å². The van der Waals surface area contributed by atoms with Crippen molar-refractivity contribution in [3.8, 4) is 5.75 Å². The van der Waals surface area contributed by atoms with E-state index in [-0.39, 0.29) is 5.91 Å². The van der Waals surface area contributed by atoms with E-state index in [1.165, 1.54) is 11.1 Å². The molecule has 1 aromatic heterocycles. The molecule has 37 heavy (non-hydrogen) atoms.